The monoisotopic (exact) mass is 398 g/mol. The molecule has 0 saturated heterocycles. The first kappa shape index (κ1) is 18.1. The Morgan fingerprint density at radius 2 is 2.07 bits per heavy atom. The van der Waals surface area contributed by atoms with Crippen LogP contribution in [0.2, 0.25) is 0 Å². The molecule has 0 aliphatic carbocycles. The van der Waals surface area contributed by atoms with E-state index in [0.29, 0.717) is 23.6 Å². The third-order valence-electron chi connectivity index (χ3n) is 4.67. The molecule has 9 heteroatoms. The Balaban J connectivity index is 1.80. The summed E-state index contributed by atoms with van der Waals surface area (Å²) < 4.78 is 6.30. The third-order valence-corrected chi connectivity index (χ3v) is 5.80. The Hall–Kier alpha value is -3.33. The van der Waals surface area contributed by atoms with Gasteiger partial charge in [0.25, 0.3) is 5.56 Å². The highest BCUT2D eigenvalue weighted by atomic mass is 32.1. The average Bonchev–Trinajstić information content (AvgIpc) is 3.30. The molecule has 0 unspecified atom stereocenters. The number of hydrogen-bond donors (Lipinski definition) is 3. The van der Waals surface area contributed by atoms with Crippen LogP contribution < -0.4 is 21.4 Å². The van der Waals surface area contributed by atoms with Gasteiger partial charge in [0.05, 0.1) is 24.6 Å². The lowest BCUT2D eigenvalue weighted by atomic mass is 10.0. The zero-order valence-corrected chi connectivity index (χ0v) is 16.0. The topological polar surface area (TPSA) is 109 Å². The van der Waals surface area contributed by atoms with E-state index in [1.54, 1.807) is 35.6 Å². The van der Waals surface area contributed by atoms with Crippen LogP contribution in [0.5, 0.6) is 11.6 Å². The van der Waals surface area contributed by atoms with Crippen molar-refractivity contribution in [2.45, 2.75) is 19.4 Å². The highest BCUT2D eigenvalue weighted by Crippen LogP contribution is 2.32. The Kier molecular flexibility index (Phi) is 4.52. The number of aromatic amines is 1. The molecule has 3 heterocycles. The number of para-hydroxylation sites is 2. The first-order valence-corrected chi connectivity index (χ1v) is 9.47. The van der Waals surface area contributed by atoms with Crippen molar-refractivity contribution in [3.8, 4) is 17.3 Å². The molecular formula is C19H18N4O4S. The summed E-state index contributed by atoms with van der Waals surface area (Å²) in [5.74, 6) is -0.0844. The maximum Gasteiger partial charge on any atom is 0.335 e. The average molecular weight is 398 g/mol. The molecule has 0 fully saturated rings. The lowest BCUT2D eigenvalue weighted by Gasteiger charge is -2.14. The number of benzene rings is 1. The molecule has 0 spiro atoms. The zero-order valence-electron chi connectivity index (χ0n) is 15.2. The summed E-state index contributed by atoms with van der Waals surface area (Å²) in [7, 11) is 1.46. The molecule has 144 valence electrons. The number of aromatic hydroxyl groups is 1. The van der Waals surface area contributed by atoms with E-state index in [1.807, 2.05) is 18.4 Å². The summed E-state index contributed by atoms with van der Waals surface area (Å²) in [4.78, 5) is 28.3. The number of methoxy groups -OCH3 is 1. The second-order valence-corrected chi connectivity index (χ2v) is 7.33. The van der Waals surface area contributed by atoms with Crippen LogP contribution in [0.4, 0.5) is 0 Å². The van der Waals surface area contributed by atoms with Crippen LogP contribution in [0.1, 0.15) is 28.5 Å². The molecule has 1 aliphatic heterocycles. The van der Waals surface area contributed by atoms with Gasteiger partial charge in [0.15, 0.2) is 0 Å². The van der Waals surface area contributed by atoms with Crippen LogP contribution in [0.15, 0.2) is 50.4 Å². The van der Waals surface area contributed by atoms with Crippen molar-refractivity contribution < 1.29 is 9.84 Å². The Bertz CT molecular complexity index is 1190. The molecule has 1 aromatic carbocycles. The lowest BCUT2D eigenvalue weighted by molar-refractivity contribution is 0.401. The smallest absolute Gasteiger partial charge is 0.335 e. The van der Waals surface area contributed by atoms with Crippen molar-refractivity contribution in [1.82, 2.24) is 15.0 Å². The minimum Gasteiger partial charge on any atom is -0.495 e. The van der Waals surface area contributed by atoms with Gasteiger partial charge in [-0.25, -0.2) is 9.36 Å². The van der Waals surface area contributed by atoms with Gasteiger partial charge >= 0.3 is 5.69 Å². The van der Waals surface area contributed by atoms with Gasteiger partial charge in [-0.2, -0.15) is 5.10 Å². The van der Waals surface area contributed by atoms with Gasteiger partial charge in [-0.1, -0.05) is 12.1 Å². The molecule has 4 rings (SSSR count). The van der Waals surface area contributed by atoms with E-state index in [-0.39, 0.29) is 11.6 Å². The maximum absolute atomic E-state index is 12.5. The third kappa shape index (κ3) is 2.89. The number of aryl methyl sites for hydroxylation is 1. The van der Waals surface area contributed by atoms with Gasteiger partial charge < -0.3 is 15.3 Å². The quantitative estimate of drug-likeness (QED) is 0.623. The number of rotatable bonds is 4. The van der Waals surface area contributed by atoms with Gasteiger partial charge in [0, 0.05) is 11.3 Å². The van der Waals surface area contributed by atoms with E-state index >= 15 is 0 Å². The van der Waals surface area contributed by atoms with Crippen molar-refractivity contribution in [2.24, 2.45) is 5.10 Å². The lowest BCUT2D eigenvalue weighted by Crippen LogP contribution is -2.33. The highest BCUT2D eigenvalue weighted by molar-refractivity contribution is 7.10. The van der Waals surface area contributed by atoms with Gasteiger partial charge in [-0.05, 0) is 36.1 Å². The van der Waals surface area contributed by atoms with E-state index in [1.165, 1.54) is 7.11 Å². The number of nitrogens with zero attached hydrogens (tertiary/aromatic N) is 2. The number of aromatic nitrogens is 2. The fourth-order valence-electron chi connectivity index (χ4n) is 3.31. The van der Waals surface area contributed by atoms with Crippen LogP contribution in [0, 0.1) is 6.92 Å². The SMILES string of the molecule is COc1ccccc1-n1c(O)c(C2=NN[C@H](c3sccc3C)C2)c(=O)[nH]c1=O. The second kappa shape index (κ2) is 7.01. The van der Waals surface area contributed by atoms with E-state index in [2.05, 4.69) is 15.5 Å². The summed E-state index contributed by atoms with van der Waals surface area (Å²) >= 11 is 1.60. The molecule has 0 radical (unpaired) electrons. The molecule has 8 nitrogen and oxygen atoms in total. The van der Waals surface area contributed by atoms with E-state index < -0.39 is 17.1 Å². The molecule has 1 aliphatic rings. The van der Waals surface area contributed by atoms with Crippen LogP contribution in [-0.4, -0.2) is 27.5 Å². The Labute approximate surface area is 163 Å². The Morgan fingerprint density at radius 3 is 2.79 bits per heavy atom. The number of hydrazone groups is 1. The van der Waals surface area contributed by atoms with Crippen molar-refractivity contribution in [1.29, 1.82) is 0 Å². The molecule has 0 amide bonds. The van der Waals surface area contributed by atoms with Gasteiger partial charge in [0.1, 0.15) is 11.3 Å². The number of nitrogens with one attached hydrogen (secondary N) is 2. The summed E-state index contributed by atoms with van der Waals surface area (Å²) in [6.45, 7) is 2.01. The first-order valence-electron chi connectivity index (χ1n) is 8.59. The first-order chi connectivity index (χ1) is 13.5. The van der Waals surface area contributed by atoms with Crippen molar-refractivity contribution in [3.05, 3.63) is 72.6 Å². The van der Waals surface area contributed by atoms with Gasteiger partial charge in [-0.15, -0.1) is 11.3 Å². The minimum atomic E-state index is -0.757. The molecule has 0 bridgehead atoms. The molecule has 3 aromatic rings. The van der Waals surface area contributed by atoms with Crippen molar-refractivity contribution >= 4 is 17.0 Å². The molecular weight excluding hydrogens is 380 g/mol. The minimum absolute atomic E-state index is 0.0327. The van der Waals surface area contributed by atoms with Crippen LogP contribution >= 0.6 is 11.3 Å². The second-order valence-electron chi connectivity index (χ2n) is 6.38. The van der Waals surface area contributed by atoms with Crippen LogP contribution in [0.25, 0.3) is 5.69 Å². The standard InChI is InChI=1S/C19H18N4O4S/c1-10-7-8-28-16(10)12-9-11(21-22-12)15-17(24)20-19(26)23(18(15)25)13-5-3-4-6-14(13)27-2/h3-8,12,22,25H,9H2,1-2H3,(H,20,24,26)/t12-/m0/s1. The summed E-state index contributed by atoms with van der Waals surface area (Å²) in [6, 6.07) is 8.67. The fraction of sp³-hybridized carbons (Fsp3) is 0.211. The highest BCUT2D eigenvalue weighted by Gasteiger charge is 2.29. The predicted molar refractivity (Wildman–Crippen MR) is 107 cm³/mol. The summed E-state index contributed by atoms with van der Waals surface area (Å²) in [5, 5.41) is 17.1. The largest absolute Gasteiger partial charge is 0.495 e. The number of H-pyrrole nitrogens is 1. The summed E-state index contributed by atoms with van der Waals surface area (Å²) in [5.41, 5.74) is 3.40. The maximum atomic E-state index is 12.5. The molecule has 2 aromatic heterocycles. The predicted octanol–water partition coefficient (Wildman–Crippen LogP) is 2.05. The van der Waals surface area contributed by atoms with Gasteiger partial charge in [-0.3, -0.25) is 9.78 Å². The number of hydrogen-bond acceptors (Lipinski definition) is 7. The number of ether oxygens (including phenoxy) is 1. The van der Waals surface area contributed by atoms with Crippen molar-refractivity contribution in [3.63, 3.8) is 0 Å². The zero-order chi connectivity index (χ0) is 19.8. The van der Waals surface area contributed by atoms with Crippen LogP contribution in [0.3, 0.4) is 0 Å². The van der Waals surface area contributed by atoms with Gasteiger partial charge in [0.2, 0.25) is 5.88 Å². The molecule has 0 saturated carbocycles. The van der Waals surface area contributed by atoms with E-state index in [4.69, 9.17) is 4.74 Å². The number of thiophene rings is 1. The molecule has 1 atom stereocenters. The summed E-state index contributed by atoms with van der Waals surface area (Å²) in [6.07, 6.45) is 0.419. The fourth-order valence-corrected chi connectivity index (χ4v) is 4.29. The van der Waals surface area contributed by atoms with Crippen LogP contribution in [-0.2, 0) is 0 Å². The molecule has 28 heavy (non-hydrogen) atoms. The van der Waals surface area contributed by atoms with E-state index in [0.717, 1.165) is 15.0 Å². The van der Waals surface area contributed by atoms with Crippen molar-refractivity contribution in [2.75, 3.05) is 7.11 Å². The Morgan fingerprint density at radius 1 is 1.29 bits per heavy atom. The normalized spacial score (nSPS) is 15.9. The molecule has 3 N–H and O–H groups in total. The van der Waals surface area contributed by atoms with E-state index in [9.17, 15) is 14.7 Å².